The van der Waals surface area contributed by atoms with Crippen molar-refractivity contribution in [2.75, 3.05) is 14.2 Å². The number of halogens is 2. The van der Waals surface area contributed by atoms with Crippen LogP contribution in [0, 0.1) is 0 Å². The van der Waals surface area contributed by atoms with E-state index < -0.39 is 0 Å². The molecule has 0 aliphatic carbocycles. The van der Waals surface area contributed by atoms with Crippen LogP contribution in [0.2, 0.25) is 5.02 Å². The Balaban J connectivity index is 2.32. The highest BCUT2D eigenvalue weighted by Crippen LogP contribution is 2.31. The third kappa shape index (κ3) is 3.39. The number of methoxy groups -OCH3 is 1. The lowest BCUT2D eigenvalue weighted by Crippen LogP contribution is -2.17. The van der Waals surface area contributed by atoms with Crippen molar-refractivity contribution in [1.82, 2.24) is 5.32 Å². The molecule has 1 heterocycles. The second-order valence-electron chi connectivity index (χ2n) is 4.12. The van der Waals surface area contributed by atoms with Gasteiger partial charge in [-0.1, -0.05) is 33.6 Å². The summed E-state index contributed by atoms with van der Waals surface area (Å²) < 4.78 is 11.8. The minimum atomic E-state index is -0.0776. The molecule has 0 bridgehead atoms. The van der Waals surface area contributed by atoms with E-state index >= 15 is 0 Å². The number of nitrogens with one attached hydrogen (secondary N) is 1. The highest BCUT2D eigenvalue weighted by Gasteiger charge is 2.18. The first-order chi connectivity index (χ1) is 9.15. The van der Waals surface area contributed by atoms with Gasteiger partial charge >= 0.3 is 0 Å². The highest BCUT2D eigenvalue weighted by molar-refractivity contribution is 9.10. The van der Waals surface area contributed by atoms with E-state index in [9.17, 15) is 0 Å². The first-order valence-electron chi connectivity index (χ1n) is 5.85. The maximum Gasteiger partial charge on any atom is 0.129 e. The molecule has 1 unspecified atom stereocenters. The van der Waals surface area contributed by atoms with Crippen molar-refractivity contribution in [1.29, 1.82) is 0 Å². The third-order valence-electron chi connectivity index (χ3n) is 2.82. The van der Waals surface area contributed by atoms with Gasteiger partial charge in [-0.15, -0.1) is 0 Å². The van der Waals surface area contributed by atoms with Crippen molar-refractivity contribution < 1.29 is 9.15 Å². The summed E-state index contributed by atoms with van der Waals surface area (Å²) in [4.78, 5) is 0. The van der Waals surface area contributed by atoms with Crippen molar-refractivity contribution in [2.45, 2.75) is 12.6 Å². The summed E-state index contributed by atoms with van der Waals surface area (Å²) in [6, 6.07) is 9.59. The number of benzene rings is 1. The standard InChI is InChI=1S/C14H15BrClNO2/c1-17-14(11-5-3-9(15)7-12(11)16)13-6-4-10(19-13)8-18-2/h3-7,14,17H,8H2,1-2H3. The van der Waals surface area contributed by atoms with Gasteiger partial charge in [0.05, 0.1) is 6.04 Å². The summed E-state index contributed by atoms with van der Waals surface area (Å²) in [5, 5.41) is 3.91. The van der Waals surface area contributed by atoms with E-state index in [-0.39, 0.29) is 6.04 Å². The monoisotopic (exact) mass is 343 g/mol. The van der Waals surface area contributed by atoms with Crippen LogP contribution >= 0.6 is 27.5 Å². The van der Waals surface area contributed by atoms with Crippen LogP contribution < -0.4 is 5.32 Å². The summed E-state index contributed by atoms with van der Waals surface area (Å²) in [5.74, 6) is 1.62. The van der Waals surface area contributed by atoms with Crippen LogP contribution in [-0.4, -0.2) is 14.2 Å². The molecule has 0 fully saturated rings. The van der Waals surface area contributed by atoms with E-state index in [2.05, 4.69) is 21.2 Å². The molecule has 1 aromatic carbocycles. The molecule has 0 aliphatic rings. The fraction of sp³-hybridized carbons (Fsp3) is 0.286. The first kappa shape index (κ1) is 14.6. The number of hydrogen-bond acceptors (Lipinski definition) is 3. The lowest BCUT2D eigenvalue weighted by atomic mass is 10.0. The normalized spacial score (nSPS) is 12.6. The zero-order valence-corrected chi connectivity index (χ0v) is 13.1. The van der Waals surface area contributed by atoms with E-state index in [1.165, 1.54) is 0 Å². The van der Waals surface area contributed by atoms with Gasteiger partial charge in [-0.2, -0.15) is 0 Å². The average molecular weight is 345 g/mol. The Kier molecular flexibility index (Phi) is 5.05. The maximum atomic E-state index is 6.28. The number of furan rings is 1. The predicted octanol–water partition coefficient (Wildman–Crippen LogP) is 4.15. The topological polar surface area (TPSA) is 34.4 Å². The molecule has 0 aliphatic heterocycles. The smallest absolute Gasteiger partial charge is 0.129 e. The summed E-state index contributed by atoms with van der Waals surface area (Å²) in [6.45, 7) is 0.463. The van der Waals surface area contributed by atoms with E-state index in [0.29, 0.717) is 11.6 Å². The molecule has 3 nitrogen and oxygen atoms in total. The molecule has 1 aromatic heterocycles. The zero-order valence-electron chi connectivity index (χ0n) is 10.7. The molecule has 0 saturated heterocycles. The minimum absolute atomic E-state index is 0.0776. The predicted molar refractivity (Wildman–Crippen MR) is 79.5 cm³/mol. The van der Waals surface area contributed by atoms with Gasteiger partial charge in [-0.25, -0.2) is 0 Å². The van der Waals surface area contributed by atoms with Crippen LogP contribution in [-0.2, 0) is 11.3 Å². The molecular formula is C14H15BrClNO2. The molecule has 0 spiro atoms. The second-order valence-corrected chi connectivity index (χ2v) is 5.45. The van der Waals surface area contributed by atoms with E-state index in [4.69, 9.17) is 20.8 Å². The molecule has 102 valence electrons. The van der Waals surface area contributed by atoms with Crippen molar-refractivity contribution in [3.63, 3.8) is 0 Å². The molecular weight excluding hydrogens is 330 g/mol. The van der Waals surface area contributed by atoms with Gasteiger partial charge in [-0.05, 0) is 36.9 Å². The highest BCUT2D eigenvalue weighted by atomic mass is 79.9. The fourth-order valence-corrected chi connectivity index (χ4v) is 2.74. The van der Waals surface area contributed by atoms with Crippen LogP contribution in [0.5, 0.6) is 0 Å². The Morgan fingerprint density at radius 2 is 2.16 bits per heavy atom. The number of rotatable bonds is 5. The van der Waals surface area contributed by atoms with Crippen LogP contribution in [0.3, 0.4) is 0 Å². The van der Waals surface area contributed by atoms with Crippen LogP contribution in [0.15, 0.2) is 39.2 Å². The summed E-state index contributed by atoms with van der Waals surface area (Å²) in [6.07, 6.45) is 0. The largest absolute Gasteiger partial charge is 0.462 e. The van der Waals surface area contributed by atoms with E-state index in [1.54, 1.807) is 7.11 Å². The first-order valence-corrected chi connectivity index (χ1v) is 7.02. The average Bonchev–Trinajstić information content (AvgIpc) is 2.82. The third-order valence-corrected chi connectivity index (χ3v) is 3.64. The quantitative estimate of drug-likeness (QED) is 0.885. The van der Waals surface area contributed by atoms with Gasteiger partial charge in [0.1, 0.15) is 18.1 Å². The molecule has 1 atom stereocenters. The van der Waals surface area contributed by atoms with Gasteiger partial charge in [-0.3, -0.25) is 0 Å². The molecule has 0 radical (unpaired) electrons. The summed E-state index contributed by atoms with van der Waals surface area (Å²) >= 11 is 9.69. The van der Waals surface area contributed by atoms with E-state index in [1.807, 2.05) is 37.4 Å². The molecule has 1 N–H and O–H groups in total. The van der Waals surface area contributed by atoms with Gasteiger partial charge in [0.25, 0.3) is 0 Å². The zero-order chi connectivity index (χ0) is 13.8. The molecule has 19 heavy (non-hydrogen) atoms. The minimum Gasteiger partial charge on any atom is -0.462 e. The fourth-order valence-electron chi connectivity index (χ4n) is 1.96. The Hall–Kier alpha value is -0.810. The Labute approximate surface area is 126 Å². The molecule has 2 rings (SSSR count). The van der Waals surface area contributed by atoms with Crippen LogP contribution in [0.4, 0.5) is 0 Å². The lowest BCUT2D eigenvalue weighted by molar-refractivity contribution is 0.162. The van der Waals surface area contributed by atoms with E-state index in [0.717, 1.165) is 21.6 Å². The SMILES string of the molecule is CNC(c1ccc(COC)o1)c1ccc(Br)cc1Cl. The molecule has 2 aromatic rings. The van der Waals surface area contributed by atoms with Crippen LogP contribution in [0.1, 0.15) is 23.1 Å². The van der Waals surface area contributed by atoms with Gasteiger partial charge in [0.15, 0.2) is 0 Å². The Bertz CT molecular complexity index is 556. The number of hydrogen-bond donors (Lipinski definition) is 1. The Morgan fingerprint density at radius 3 is 2.79 bits per heavy atom. The van der Waals surface area contributed by atoms with Gasteiger partial charge in [0.2, 0.25) is 0 Å². The maximum absolute atomic E-state index is 6.28. The van der Waals surface area contributed by atoms with Crippen molar-refractivity contribution in [2.24, 2.45) is 0 Å². The van der Waals surface area contributed by atoms with Crippen molar-refractivity contribution in [3.05, 3.63) is 56.9 Å². The Morgan fingerprint density at radius 1 is 1.37 bits per heavy atom. The lowest BCUT2D eigenvalue weighted by Gasteiger charge is -2.16. The van der Waals surface area contributed by atoms with Crippen molar-refractivity contribution in [3.8, 4) is 0 Å². The van der Waals surface area contributed by atoms with Gasteiger partial charge in [0, 0.05) is 16.6 Å². The molecule has 5 heteroatoms. The second kappa shape index (κ2) is 6.57. The summed E-state index contributed by atoms with van der Waals surface area (Å²) in [5.41, 5.74) is 0.977. The number of ether oxygens (including phenoxy) is 1. The van der Waals surface area contributed by atoms with Crippen molar-refractivity contribution >= 4 is 27.5 Å². The van der Waals surface area contributed by atoms with Crippen LogP contribution in [0.25, 0.3) is 0 Å². The summed E-state index contributed by atoms with van der Waals surface area (Å²) in [7, 11) is 3.52. The molecule has 0 amide bonds. The molecule has 0 saturated carbocycles. The van der Waals surface area contributed by atoms with Gasteiger partial charge < -0.3 is 14.5 Å².